The number of hydrogen-bond acceptors (Lipinski definition) is 3. The van der Waals surface area contributed by atoms with E-state index in [4.69, 9.17) is 0 Å². The largest absolute Gasteiger partial charge is 0.390 e. The fourth-order valence-corrected chi connectivity index (χ4v) is 6.66. The molecule has 5 nitrogen and oxygen atoms in total. The van der Waals surface area contributed by atoms with E-state index in [0.29, 0.717) is 24.9 Å². The Balaban J connectivity index is 1.29. The second kappa shape index (κ2) is 9.00. The van der Waals surface area contributed by atoms with E-state index in [9.17, 15) is 19.1 Å². The monoisotopic (exact) mass is 542 g/mol. The van der Waals surface area contributed by atoms with Crippen molar-refractivity contribution in [3.05, 3.63) is 64.4 Å². The van der Waals surface area contributed by atoms with Crippen molar-refractivity contribution in [3.63, 3.8) is 0 Å². The van der Waals surface area contributed by atoms with Crippen molar-refractivity contribution in [2.45, 2.75) is 69.4 Å². The van der Waals surface area contributed by atoms with E-state index in [1.807, 2.05) is 29.2 Å². The highest BCUT2D eigenvalue weighted by atomic mass is 79.9. The molecule has 0 aliphatic heterocycles. The molecule has 186 valence electrons. The second-order valence-corrected chi connectivity index (χ2v) is 12.2. The molecule has 7 heteroatoms. The molecule has 0 aromatic heterocycles. The van der Waals surface area contributed by atoms with Crippen LogP contribution in [-0.2, 0) is 4.79 Å². The van der Waals surface area contributed by atoms with Gasteiger partial charge in [-0.25, -0.2) is 4.39 Å². The van der Waals surface area contributed by atoms with Gasteiger partial charge in [0.1, 0.15) is 5.82 Å². The number of nitrogens with zero attached hydrogens (tertiary/aromatic N) is 1. The molecule has 35 heavy (non-hydrogen) atoms. The zero-order chi connectivity index (χ0) is 24.8. The number of carbonyl (C=O) groups is 2. The molecule has 2 N–H and O–H groups in total. The van der Waals surface area contributed by atoms with E-state index in [1.54, 1.807) is 6.92 Å². The molecule has 6 rings (SSSR count). The predicted octanol–water partition coefficient (Wildman–Crippen LogP) is 5.61. The summed E-state index contributed by atoms with van der Waals surface area (Å²) in [4.78, 5) is 28.3. The first-order valence-electron chi connectivity index (χ1n) is 12.5. The minimum absolute atomic E-state index is 0.0204. The molecule has 4 fully saturated rings. The van der Waals surface area contributed by atoms with E-state index in [2.05, 4.69) is 21.2 Å². The fourth-order valence-electron chi connectivity index (χ4n) is 6.28. The van der Waals surface area contributed by atoms with Crippen LogP contribution in [0.4, 0.5) is 10.1 Å². The number of halogens is 2. The first-order valence-corrected chi connectivity index (χ1v) is 13.2. The summed E-state index contributed by atoms with van der Waals surface area (Å²) >= 11 is 3.54. The lowest BCUT2D eigenvalue weighted by molar-refractivity contribution is -0.137. The molecular weight excluding hydrogens is 511 g/mol. The van der Waals surface area contributed by atoms with Gasteiger partial charge in [-0.2, -0.15) is 0 Å². The van der Waals surface area contributed by atoms with E-state index in [-0.39, 0.29) is 34.5 Å². The lowest BCUT2D eigenvalue weighted by Crippen LogP contribution is -2.59. The van der Waals surface area contributed by atoms with Crippen molar-refractivity contribution in [2.75, 3.05) is 11.4 Å². The Labute approximate surface area is 214 Å². The van der Waals surface area contributed by atoms with E-state index < -0.39 is 5.60 Å². The fraction of sp³-hybridized carbons (Fsp3) is 0.500. The van der Waals surface area contributed by atoms with Gasteiger partial charge in [-0.1, -0.05) is 22.0 Å². The summed E-state index contributed by atoms with van der Waals surface area (Å²) < 4.78 is 14.2. The van der Waals surface area contributed by atoms with Crippen molar-refractivity contribution >= 4 is 33.4 Å². The number of carbonyl (C=O) groups excluding carboxylic acids is 2. The van der Waals surface area contributed by atoms with Gasteiger partial charge in [-0.05, 0) is 106 Å². The molecule has 2 aromatic rings. The van der Waals surface area contributed by atoms with Crippen molar-refractivity contribution < 1.29 is 19.1 Å². The molecule has 4 saturated carbocycles. The van der Waals surface area contributed by atoms with Crippen LogP contribution in [0, 0.1) is 17.2 Å². The Bertz CT molecular complexity index is 1100. The molecule has 2 amide bonds. The Morgan fingerprint density at radius 1 is 1.06 bits per heavy atom. The van der Waals surface area contributed by atoms with Gasteiger partial charge in [0.05, 0.1) is 5.60 Å². The number of fused-ring (bicyclic) bond motifs is 3. The topological polar surface area (TPSA) is 69.6 Å². The lowest BCUT2D eigenvalue weighted by atomic mass is 9.57. The normalized spacial score (nSPS) is 31.5. The molecule has 0 atom stereocenters. The van der Waals surface area contributed by atoms with E-state index in [1.165, 1.54) is 24.3 Å². The summed E-state index contributed by atoms with van der Waals surface area (Å²) in [6.07, 6.45) is 6.45. The molecule has 4 aliphatic rings. The number of rotatable bonds is 6. The standard InChI is InChI=1S/C28H32BrFN2O3/c1-26(35)16-20(17-26)25(34)32(23-4-2-3-21(29)15-23)18-27-9-12-28(13-10-27,14-11-27)31-24(33)19-5-7-22(30)8-6-19/h2-8,15,20,35H,9-14,16-18H2,1H3,(H,31,33)/t20-,26+,27?,28?. The molecule has 0 spiro atoms. The van der Waals surface area contributed by atoms with Gasteiger partial charge >= 0.3 is 0 Å². The van der Waals surface area contributed by atoms with E-state index >= 15 is 0 Å². The van der Waals surface area contributed by atoms with Gasteiger partial charge < -0.3 is 15.3 Å². The minimum atomic E-state index is -0.750. The first kappa shape index (κ1) is 24.4. The van der Waals surface area contributed by atoms with Crippen molar-refractivity contribution in [2.24, 2.45) is 11.3 Å². The average Bonchev–Trinajstić information content (AvgIpc) is 2.82. The van der Waals surface area contributed by atoms with Crippen molar-refractivity contribution in [1.29, 1.82) is 0 Å². The van der Waals surface area contributed by atoms with Crippen molar-refractivity contribution in [1.82, 2.24) is 5.32 Å². The number of hydrogen-bond donors (Lipinski definition) is 2. The summed E-state index contributed by atoms with van der Waals surface area (Å²) in [6, 6.07) is 13.6. The molecule has 0 heterocycles. The maximum absolute atomic E-state index is 13.6. The summed E-state index contributed by atoms with van der Waals surface area (Å²) in [5.41, 5.74) is 0.403. The molecule has 0 unspecified atom stereocenters. The van der Waals surface area contributed by atoms with Crippen LogP contribution in [-0.4, -0.2) is 34.6 Å². The van der Waals surface area contributed by atoms with Gasteiger partial charge in [-0.3, -0.25) is 9.59 Å². The van der Waals surface area contributed by atoms with Gasteiger partial charge in [-0.15, -0.1) is 0 Å². The Hall–Kier alpha value is -2.25. The number of benzene rings is 2. The van der Waals surface area contributed by atoms with Crippen LogP contribution >= 0.6 is 15.9 Å². The first-order chi connectivity index (χ1) is 16.6. The summed E-state index contributed by atoms with van der Waals surface area (Å²) in [6.45, 7) is 2.45. The predicted molar refractivity (Wildman–Crippen MR) is 137 cm³/mol. The van der Waals surface area contributed by atoms with Crippen LogP contribution in [0.1, 0.15) is 68.6 Å². The van der Waals surface area contributed by atoms with Crippen LogP contribution in [0.3, 0.4) is 0 Å². The summed E-state index contributed by atoms with van der Waals surface area (Å²) in [7, 11) is 0. The minimum Gasteiger partial charge on any atom is -0.390 e. The highest BCUT2D eigenvalue weighted by Crippen LogP contribution is 2.53. The molecular formula is C28H32BrFN2O3. The summed E-state index contributed by atoms with van der Waals surface area (Å²) in [5.74, 6) is -0.560. The average molecular weight is 543 g/mol. The summed E-state index contributed by atoms with van der Waals surface area (Å²) in [5, 5.41) is 13.5. The third kappa shape index (κ3) is 5.03. The quantitative estimate of drug-likeness (QED) is 0.498. The van der Waals surface area contributed by atoms with Crippen LogP contribution in [0.15, 0.2) is 53.0 Å². The van der Waals surface area contributed by atoms with Crippen molar-refractivity contribution in [3.8, 4) is 0 Å². The molecule has 0 saturated heterocycles. The zero-order valence-electron chi connectivity index (χ0n) is 20.0. The third-order valence-electron chi connectivity index (χ3n) is 8.49. The maximum atomic E-state index is 13.6. The second-order valence-electron chi connectivity index (χ2n) is 11.2. The molecule has 2 bridgehead atoms. The number of aliphatic hydroxyl groups is 1. The smallest absolute Gasteiger partial charge is 0.251 e. The highest BCUT2D eigenvalue weighted by Gasteiger charge is 2.51. The maximum Gasteiger partial charge on any atom is 0.251 e. The SMILES string of the molecule is C[C@]1(O)C[C@@H](C(=O)N(CC23CCC(NC(=O)c4ccc(F)cc4)(CC2)CC3)c2cccc(Br)c2)C1. The number of amides is 2. The van der Waals surface area contributed by atoms with Gasteiger partial charge in [0.25, 0.3) is 5.91 Å². The van der Waals surface area contributed by atoms with Gasteiger partial charge in [0, 0.05) is 33.7 Å². The van der Waals surface area contributed by atoms with E-state index in [0.717, 1.165) is 48.7 Å². The zero-order valence-corrected chi connectivity index (χ0v) is 21.6. The Kier molecular flexibility index (Phi) is 6.29. The third-order valence-corrected chi connectivity index (χ3v) is 8.98. The Morgan fingerprint density at radius 2 is 1.69 bits per heavy atom. The number of anilines is 1. The van der Waals surface area contributed by atoms with Crippen LogP contribution in [0.2, 0.25) is 0 Å². The van der Waals surface area contributed by atoms with Crippen LogP contribution in [0.5, 0.6) is 0 Å². The lowest BCUT2D eigenvalue weighted by Gasteiger charge is -2.55. The van der Waals surface area contributed by atoms with Gasteiger partial charge in [0.2, 0.25) is 5.91 Å². The van der Waals surface area contributed by atoms with Crippen LogP contribution < -0.4 is 10.2 Å². The van der Waals surface area contributed by atoms with Gasteiger partial charge in [0.15, 0.2) is 0 Å². The molecule has 2 aromatic carbocycles. The highest BCUT2D eigenvalue weighted by molar-refractivity contribution is 9.10. The van der Waals surface area contributed by atoms with Crippen LogP contribution in [0.25, 0.3) is 0 Å². The number of nitrogens with one attached hydrogen (secondary N) is 1. The molecule has 4 aliphatic carbocycles. The molecule has 0 radical (unpaired) electrons. The Morgan fingerprint density at radius 3 is 2.26 bits per heavy atom.